The van der Waals surface area contributed by atoms with Crippen LogP contribution in [0.5, 0.6) is 11.5 Å². The topological polar surface area (TPSA) is 98.8 Å². The second-order valence-corrected chi connectivity index (χ2v) is 12.2. The number of rotatable bonds is 17. The molecule has 2 unspecified atom stereocenters. The standard InChI is InChI=1S/C18H25FN2O4S.C16H22FNO3.3C2H6/c1-3-26-21-8-6-16(13-21)25-18(22)20-7-9-23-10-11-24-17-12-15(19)5-4-14(17)2;1-12-3-4-14(17)11-15(12)21-10-9-20-8-6-13-5-7-18(2)16(13)19;3*1-2/h3-5,12,16H,1,6-11,13H2,2H3,(H,20,22);3-4,11,13H,5-10H2,1-2H3;3*1-2H3. The third kappa shape index (κ3) is 21.2. The van der Waals surface area contributed by atoms with Gasteiger partial charge in [-0.1, -0.05) is 72.2 Å². The molecule has 53 heavy (non-hydrogen) atoms. The smallest absolute Gasteiger partial charge is 0.407 e. The van der Waals surface area contributed by atoms with Crippen molar-refractivity contribution in [2.24, 2.45) is 5.92 Å². The van der Waals surface area contributed by atoms with Crippen LogP contribution in [0.3, 0.4) is 0 Å². The fourth-order valence-electron chi connectivity index (χ4n) is 4.89. The average Bonchev–Trinajstić information content (AvgIpc) is 3.75. The van der Waals surface area contributed by atoms with Gasteiger partial charge in [0.05, 0.1) is 19.8 Å². The van der Waals surface area contributed by atoms with Crippen LogP contribution in [0.25, 0.3) is 0 Å². The van der Waals surface area contributed by atoms with Crippen LogP contribution in [0.15, 0.2) is 48.4 Å². The van der Waals surface area contributed by atoms with Gasteiger partial charge in [0, 0.05) is 57.9 Å². The molecule has 2 aliphatic heterocycles. The summed E-state index contributed by atoms with van der Waals surface area (Å²) < 4.78 is 55.5. The van der Waals surface area contributed by atoms with Crippen molar-refractivity contribution < 1.29 is 42.1 Å². The van der Waals surface area contributed by atoms with Crippen molar-refractivity contribution in [3.8, 4) is 11.5 Å². The summed E-state index contributed by atoms with van der Waals surface area (Å²) in [4.78, 5) is 25.2. The second-order valence-electron chi connectivity index (χ2n) is 11.2. The number of benzene rings is 2. The van der Waals surface area contributed by atoms with E-state index in [1.165, 1.54) is 36.2 Å². The minimum atomic E-state index is -0.435. The summed E-state index contributed by atoms with van der Waals surface area (Å²) in [6.45, 7) is 24.6. The molecule has 0 saturated carbocycles. The van der Waals surface area contributed by atoms with Crippen LogP contribution in [0, 0.1) is 31.4 Å². The van der Waals surface area contributed by atoms with Gasteiger partial charge in [0.25, 0.3) is 0 Å². The van der Waals surface area contributed by atoms with Gasteiger partial charge in [-0.25, -0.2) is 17.9 Å². The highest BCUT2D eigenvalue weighted by Gasteiger charge is 2.28. The Labute approximate surface area is 322 Å². The van der Waals surface area contributed by atoms with Crippen LogP contribution in [-0.2, 0) is 19.0 Å². The van der Waals surface area contributed by atoms with Crippen LogP contribution in [0.1, 0.15) is 71.9 Å². The lowest BCUT2D eigenvalue weighted by molar-refractivity contribution is -0.130. The Bertz CT molecular complexity index is 1290. The highest BCUT2D eigenvalue weighted by Crippen LogP contribution is 2.22. The molecule has 1 N–H and O–H groups in total. The van der Waals surface area contributed by atoms with Crippen LogP contribution >= 0.6 is 11.9 Å². The van der Waals surface area contributed by atoms with Crippen LogP contribution in [-0.4, -0.2) is 100 Å². The quantitative estimate of drug-likeness (QED) is 0.125. The predicted molar refractivity (Wildman–Crippen MR) is 212 cm³/mol. The number of carbonyl (C=O) groups is 2. The van der Waals surface area contributed by atoms with Gasteiger partial charge in [-0.05, 0) is 61.8 Å². The van der Waals surface area contributed by atoms with Gasteiger partial charge in [0.1, 0.15) is 42.5 Å². The molecular weight excluding hydrogens is 705 g/mol. The minimum absolute atomic E-state index is 0.0914. The predicted octanol–water partition coefficient (Wildman–Crippen LogP) is 8.60. The Morgan fingerprint density at radius 2 is 1.40 bits per heavy atom. The minimum Gasteiger partial charge on any atom is -0.491 e. The molecule has 0 bridgehead atoms. The molecular formula is C40H65F2N3O7S. The monoisotopic (exact) mass is 769 g/mol. The molecule has 2 amide bonds. The molecule has 10 nitrogen and oxygen atoms in total. The molecule has 0 aliphatic carbocycles. The lowest BCUT2D eigenvalue weighted by Gasteiger charge is -2.14. The van der Waals surface area contributed by atoms with Crippen molar-refractivity contribution in [1.82, 2.24) is 14.5 Å². The van der Waals surface area contributed by atoms with Crippen molar-refractivity contribution in [3.63, 3.8) is 0 Å². The summed E-state index contributed by atoms with van der Waals surface area (Å²) in [5.74, 6) is 0.733. The van der Waals surface area contributed by atoms with Crippen molar-refractivity contribution in [3.05, 3.63) is 71.1 Å². The van der Waals surface area contributed by atoms with Gasteiger partial charge in [-0.3, -0.25) is 4.79 Å². The molecule has 2 heterocycles. The highest BCUT2D eigenvalue weighted by atomic mass is 32.2. The maximum absolute atomic E-state index is 13.1. The first-order valence-corrected chi connectivity index (χ1v) is 19.7. The van der Waals surface area contributed by atoms with Gasteiger partial charge in [0.2, 0.25) is 5.91 Å². The first kappa shape index (κ1) is 49.6. The summed E-state index contributed by atoms with van der Waals surface area (Å²) in [7, 11) is 1.83. The molecule has 2 atom stereocenters. The van der Waals surface area contributed by atoms with Crippen molar-refractivity contribution >= 4 is 23.9 Å². The van der Waals surface area contributed by atoms with Crippen LogP contribution < -0.4 is 14.8 Å². The summed E-state index contributed by atoms with van der Waals surface area (Å²) in [6.07, 6.45) is 1.96. The molecule has 302 valence electrons. The van der Waals surface area contributed by atoms with E-state index in [2.05, 4.69) is 16.2 Å². The molecule has 2 aliphatic rings. The molecule has 0 spiro atoms. The van der Waals surface area contributed by atoms with Crippen molar-refractivity contribution in [2.45, 2.75) is 80.8 Å². The van der Waals surface area contributed by atoms with E-state index in [4.69, 9.17) is 23.7 Å². The number of hydrogen-bond donors (Lipinski definition) is 1. The molecule has 13 heteroatoms. The Kier molecular flexibility index (Phi) is 29.0. The lowest BCUT2D eigenvalue weighted by atomic mass is 10.1. The third-order valence-electron chi connectivity index (χ3n) is 7.54. The van der Waals surface area contributed by atoms with Crippen LogP contribution in [0.2, 0.25) is 0 Å². The molecule has 2 fully saturated rings. The van der Waals surface area contributed by atoms with Gasteiger partial charge >= 0.3 is 6.09 Å². The zero-order valence-electron chi connectivity index (χ0n) is 33.5. The van der Waals surface area contributed by atoms with E-state index in [0.29, 0.717) is 64.2 Å². The Morgan fingerprint density at radius 3 is 1.91 bits per heavy atom. The lowest BCUT2D eigenvalue weighted by Crippen LogP contribution is -2.32. The van der Waals surface area contributed by atoms with E-state index in [0.717, 1.165) is 43.5 Å². The van der Waals surface area contributed by atoms with E-state index < -0.39 is 6.09 Å². The third-order valence-corrected chi connectivity index (χ3v) is 8.32. The summed E-state index contributed by atoms with van der Waals surface area (Å²) in [5, 5.41) is 4.42. The number of aryl methyl sites for hydroxylation is 2. The molecule has 0 aromatic heterocycles. The van der Waals surface area contributed by atoms with Gasteiger partial charge in [-0.2, -0.15) is 0 Å². The number of likely N-dealkylation sites (tertiary alicyclic amines) is 1. The number of carbonyl (C=O) groups excluding carboxylic acids is 2. The Balaban J connectivity index is 0.000000908. The normalized spacial score (nSPS) is 16.0. The average molecular weight is 770 g/mol. The largest absolute Gasteiger partial charge is 0.491 e. The number of alkyl carbamates (subject to hydrolysis) is 1. The Hall–Kier alpha value is -3.39. The fourth-order valence-corrected chi connectivity index (χ4v) is 5.56. The number of halogens is 2. The highest BCUT2D eigenvalue weighted by molar-refractivity contribution is 7.99. The van der Waals surface area contributed by atoms with E-state index in [1.54, 1.807) is 22.4 Å². The number of nitrogens with one attached hydrogen (secondary N) is 1. The van der Waals surface area contributed by atoms with Gasteiger partial charge in [0.15, 0.2) is 0 Å². The molecule has 4 rings (SSSR count). The SMILES string of the molecule is C=CSN1CCC(OC(=O)NCCOCCOc2cc(F)ccc2C)C1.CC.CC.CC.Cc1ccc(F)cc1OCCOCCC1CCN(C)C1=O. The maximum Gasteiger partial charge on any atom is 0.407 e. The molecule has 2 aromatic rings. The second kappa shape index (κ2) is 31.0. The van der Waals surface area contributed by atoms with E-state index >= 15 is 0 Å². The first-order valence-electron chi connectivity index (χ1n) is 18.8. The van der Waals surface area contributed by atoms with Gasteiger partial charge < -0.3 is 33.9 Å². The number of ether oxygens (including phenoxy) is 5. The van der Waals surface area contributed by atoms with Gasteiger partial charge in [-0.15, -0.1) is 0 Å². The fraction of sp³-hybridized carbons (Fsp3) is 0.600. The zero-order valence-corrected chi connectivity index (χ0v) is 34.3. The number of nitrogens with zero attached hydrogens (tertiary/aromatic N) is 2. The zero-order chi connectivity index (χ0) is 40.0. The first-order chi connectivity index (χ1) is 25.7. The molecule has 2 saturated heterocycles. The summed E-state index contributed by atoms with van der Waals surface area (Å²) in [6, 6.07) is 8.89. The molecule has 2 aromatic carbocycles. The van der Waals surface area contributed by atoms with E-state index in [9.17, 15) is 18.4 Å². The van der Waals surface area contributed by atoms with Crippen molar-refractivity contribution in [2.75, 3.05) is 72.9 Å². The maximum atomic E-state index is 13.1. The number of hydrogen-bond acceptors (Lipinski definition) is 9. The summed E-state index contributed by atoms with van der Waals surface area (Å²) >= 11 is 1.53. The van der Waals surface area contributed by atoms with E-state index in [-0.39, 0.29) is 29.6 Å². The summed E-state index contributed by atoms with van der Waals surface area (Å²) in [5.41, 5.74) is 1.77. The van der Waals surface area contributed by atoms with Crippen molar-refractivity contribution in [1.29, 1.82) is 0 Å². The molecule has 0 radical (unpaired) electrons. The number of amides is 2. The van der Waals surface area contributed by atoms with Crippen LogP contribution in [0.4, 0.5) is 13.6 Å². The Morgan fingerprint density at radius 1 is 0.849 bits per heavy atom. The van der Waals surface area contributed by atoms with E-state index in [1.807, 2.05) is 62.4 Å².